The lowest BCUT2D eigenvalue weighted by atomic mass is 10.2. The van der Waals surface area contributed by atoms with Crippen LogP contribution in [0, 0.1) is 0 Å². The molecule has 1 heterocycles. The lowest BCUT2D eigenvalue weighted by molar-refractivity contribution is -0.137. The molecule has 0 aliphatic rings. The smallest absolute Gasteiger partial charge is 0.416 e. The largest absolute Gasteiger partial charge is 0.486 e. The second-order valence-corrected chi connectivity index (χ2v) is 3.75. The summed E-state index contributed by atoms with van der Waals surface area (Å²) in [6, 6.07) is 4.62. The van der Waals surface area contributed by atoms with Crippen LogP contribution in [0.3, 0.4) is 0 Å². The number of ether oxygens (including phenoxy) is 1. The van der Waals surface area contributed by atoms with E-state index in [0.717, 1.165) is 12.1 Å². The Hall–Kier alpha value is -2.31. The first-order valence-electron chi connectivity index (χ1n) is 5.31. The van der Waals surface area contributed by atoms with E-state index >= 15 is 0 Å². The highest BCUT2D eigenvalue weighted by atomic mass is 19.4. The molecule has 0 saturated carbocycles. The molecule has 0 saturated heterocycles. The molecule has 0 radical (unpaired) electrons. The topological polar surface area (TPSA) is 61.0 Å². The fourth-order valence-corrected chi connectivity index (χ4v) is 1.35. The number of halogens is 3. The van der Waals surface area contributed by atoms with Gasteiger partial charge >= 0.3 is 6.18 Å². The molecule has 0 unspecified atom stereocenters. The predicted octanol–water partition coefficient (Wildman–Crippen LogP) is 2.66. The van der Waals surface area contributed by atoms with Crippen molar-refractivity contribution in [3.8, 4) is 5.75 Å². The van der Waals surface area contributed by atoms with Crippen molar-refractivity contribution in [3.63, 3.8) is 0 Å². The lowest BCUT2D eigenvalue weighted by Gasteiger charge is -2.09. The number of nitrogens with zero attached hydrogens (tertiary/aromatic N) is 2. The van der Waals surface area contributed by atoms with Crippen LogP contribution in [0.5, 0.6) is 5.75 Å². The molecule has 0 atom stereocenters. The Morgan fingerprint density at radius 3 is 2.47 bits per heavy atom. The van der Waals surface area contributed by atoms with Crippen LogP contribution in [-0.4, -0.2) is 9.97 Å². The monoisotopic (exact) mass is 269 g/mol. The molecule has 0 amide bonds. The number of nitrogen functional groups attached to an aromatic ring is 1. The summed E-state index contributed by atoms with van der Waals surface area (Å²) >= 11 is 0. The van der Waals surface area contributed by atoms with Gasteiger partial charge in [0, 0.05) is 0 Å². The van der Waals surface area contributed by atoms with Gasteiger partial charge in [-0.1, -0.05) is 6.07 Å². The fourth-order valence-electron chi connectivity index (χ4n) is 1.35. The second kappa shape index (κ2) is 5.13. The summed E-state index contributed by atoms with van der Waals surface area (Å²) in [5.41, 5.74) is 5.06. The maximum absolute atomic E-state index is 12.5. The zero-order valence-electron chi connectivity index (χ0n) is 9.69. The van der Waals surface area contributed by atoms with Gasteiger partial charge in [0.25, 0.3) is 0 Å². The van der Waals surface area contributed by atoms with Gasteiger partial charge in [-0.15, -0.1) is 0 Å². The maximum Gasteiger partial charge on any atom is 0.416 e. The van der Waals surface area contributed by atoms with Crippen LogP contribution in [0.4, 0.5) is 18.9 Å². The van der Waals surface area contributed by atoms with Crippen molar-refractivity contribution >= 4 is 5.69 Å². The Morgan fingerprint density at radius 1 is 1.16 bits per heavy atom. The summed E-state index contributed by atoms with van der Waals surface area (Å²) in [5.74, 6) is 0.446. The van der Waals surface area contributed by atoms with Gasteiger partial charge in [0.1, 0.15) is 12.4 Å². The van der Waals surface area contributed by atoms with E-state index in [1.165, 1.54) is 24.5 Å². The van der Waals surface area contributed by atoms with Crippen molar-refractivity contribution in [2.24, 2.45) is 0 Å². The summed E-state index contributed by atoms with van der Waals surface area (Å²) < 4.78 is 42.6. The number of hydrogen-bond donors (Lipinski definition) is 1. The first-order chi connectivity index (χ1) is 8.95. The third kappa shape index (κ3) is 3.57. The highest BCUT2D eigenvalue weighted by Gasteiger charge is 2.30. The Kier molecular flexibility index (Phi) is 3.55. The Balaban J connectivity index is 2.05. The quantitative estimate of drug-likeness (QED) is 0.930. The first-order valence-corrected chi connectivity index (χ1v) is 5.31. The average Bonchev–Trinajstić information content (AvgIpc) is 2.37. The molecule has 1 aromatic heterocycles. The molecule has 2 aromatic rings. The number of anilines is 1. The van der Waals surface area contributed by atoms with Gasteiger partial charge in [0.2, 0.25) is 0 Å². The Bertz CT molecular complexity index is 555. The van der Waals surface area contributed by atoms with Gasteiger partial charge in [0.05, 0.1) is 23.6 Å². The van der Waals surface area contributed by atoms with Crippen LogP contribution in [0.2, 0.25) is 0 Å². The molecule has 0 aliphatic heterocycles. The van der Waals surface area contributed by atoms with E-state index in [1.54, 1.807) is 0 Å². The van der Waals surface area contributed by atoms with Gasteiger partial charge in [-0.25, -0.2) is 9.97 Å². The minimum atomic E-state index is -4.39. The highest BCUT2D eigenvalue weighted by molar-refractivity contribution is 5.31. The maximum atomic E-state index is 12.5. The van der Waals surface area contributed by atoms with E-state index in [4.69, 9.17) is 10.5 Å². The lowest BCUT2D eigenvalue weighted by Crippen LogP contribution is -2.06. The summed E-state index contributed by atoms with van der Waals surface area (Å²) in [6.07, 6.45) is -1.59. The summed E-state index contributed by atoms with van der Waals surface area (Å²) in [4.78, 5) is 7.76. The Labute approximate surface area is 107 Å². The molecule has 0 aliphatic carbocycles. The summed E-state index contributed by atoms with van der Waals surface area (Å²) in [5, 5.41) is 0. The molecule has 7 heteroatoms. The van der Waals surface area contributed by atoms with Gasteiger partial charge in [0.15, 0.2) is 5.82 Å². The molecule has 19 heavy (non-hydrogen) atoms. The normalized spacial score (nSPS) is 11.3. The third-order valence-corrected chi connectivity index (χ3v) is 2.25. The number of nitrogens with two attached hydrogens (primary N) is 1. The van der Waals surface area contributed by atoms with Crippen molar-refractivity contribution in [2.45, 2.75) is 12.8 Å². The first kappa shape index (κ1) is 13.1. The second-order valence-electron chi connectivity index (χ2n) is 3.75. The fraction of sp³-hybridized carbons (Fsp3) is 0.167. The van der Waals surface area contributed by atoms with Crippen molar-refractivity contribution in [1.29, 1.82) is 0 Å². The zero-order chi connectivity index (χ0) is 13.9. The number of aromatic nitrogens is 2. The molecular formula is C12H10F3N3O. The predicted molar refractivity (Wildman–Crippen MR) is 62.2 cm³/mol. The summed E-state index contributed by atoms with van der Waals surface area (Å²) in [7, 11) is 0. The van der Waals surface area contributed by atoms with Gasteiger partial charge in [-0.05, 0) is 18.2 Å². The molecule has 0 spiro atoms. The molecule has 100 valence electrons. The number of rotatable bonds is 3. The average molecular weight is 269 g/mol. The molecule has 2 rings (SSSR count). The van der Waals surface area contributed by atoms with Crippen LogP contribution < -0.4 is 10.5 Å². The van der Waals surface area contributed by atoms with Crippen molar-refractivity contribution in [2.75, 3.05) is 5.73 Å². The number of benzene rings is 1. The van der Waals surface area contributed by atoms with Crippen LogP contribution in [0.25, 0.3) is 0 Å². The van der Waals surface area contributed by atoms with E-state index in [-0.39, 0.29) is 12.4 Å². The van der Waals surface area contributed by atoms with Crippen molar-refractivity contribution in [3.05, 3.63) is 48.0 Å². The van der Waals surface area contributed by atoms with Crippen LogP contribution in [0.1, 0.15) is 11.4 Å². The van der Waals surface area contributed by atoms with Gasteiger partial charge < -0.3 is 10.5 Å². The summed E-state index contributed by atoms with van der Waals surface area (Å²) in [6.45, 7) is -0.0262. The van der Waals surface area contributed by atoms with E-state index in [9.17, 15) is 13.2 Å². The third-order valence-electron chi connectivity index (χ3n) is 2.25. The Morgan fingerprint density at radius 2 is 1.84 bits per heavy atom. The molecule has 1 aromatic carbocycles. The minimum Gasteiger partial charge on any atom is -0.486 e. The van der Waals surface area contributed by atoms with Gasteiger partial charge in [-0.2, -0.15) is 13.2 Å². The standard InChI is InChI=1S/C12H10F3N3O/c13-12(14,15)8-2-1-3-10(4-8)19-7-11-17-5-9(16)6-18-11/h1-6H,7,16H2. The van der Waals surface area contributed by atoms with Crippen LogP contribution in [0.15, 0.2) is 36.7 Å². The molecule has 4 nitrogen and oxygen atoms in total. The van der Waals surface area contributed by atoms with E-state index in [0.29, 0.717) is 11.5 Å². The van der Waals surface area contributed by atoms with Crippen molar-refractivity contribution in [1.82, 2.24) is 9.97 Å². The SMILES string of the molecule is Nc1cnc(COc2cccc(C(F)(F)F)c2)nc1. The van der Waals surface area contributed by atoms with Crippen molar-refractivity contribution < 1.29 is 17.9 Å². The minimum absolute atomic E-state index is 0.0262. The van der Waals surface area contributed by atoms with Gasteiger partial charge in [-0.3, -0.25) is 0 Å². The molecule has 2 N–H and O–H groups in total. The highest BCUT2D eigenvalue weighted by Crippen LogP contribution is 2.31. The van der Waals surface area contributed by atoms with E-state index in [2.05, 4.69) is 9.97 Å². The van der Waals surface area contributed by atoms with E-state index in [1.807, 2.05) is 0 Å². The molecular weight excluding hydrogens is 259 g/mol. The number of alkyl halides is 3. The molecule has 0 bridgehead atoms. The van der Waals surface area contributed by atoms with Crippen LogP contribution >= 0.6 is 0 Å². The zero-order valence-corrected chi connectivity index (χ0v) is 9.69. The number of hydrogen-bond acceptors (Lipinski definition) is 4. The van der Waals surface area contributed by atoms with E-state index < -0.39 is 11.7 Å². The molecule has 0 fully saturated rings. The van der Waals surface area contributed by atoms with Crippen LogP contribution in [-0.2, 0) is 12.8 Å².